The molecule has 0 aliphatic carbocycles. The molecule has 3 heterocycles. The molecule has 0 atom stereocenters. The van der Waals surface area contributed by atoms with Gasteiger partial charge in [-0.1, -0.05) is 6.07 Å². The summed E-state index contributed by atoms with van der Waals surface area (Å²) in [6, 6.07) is 7.72. The Kier molecular flexibility index (Phi) is 2.77. The number of hydrogen-bond donors (Lipinski definition) is 2. The number of fused-ring (bicyclic) bond motifs is 1. The zero-order valence-electron chi connectivity index (χ0n) is 9.38. The van der Waals surface area contributed by atoms with E-state index in [1.54, 1.807) is 17.5 Å². The maximum Gasteiger partial charge on any atom is 0.348 e. The second kappa shape index (κ2) is 4.58. The first kappa shape index (κ1) is 10.9. The van der Waals surface area contributed by atoms with Crippen molar-refractivity contribution in [3.05, 3.63) is 51.2 Å². The van der Waals surface area contributed by atoms with E-state index in [1.807, 2.05) is 29.6 Å². The SMILES string of the molecule is O=c1nc(NCc2cccs2)c2cccnc2[nH]1. The van der Waals surface area contributed by atoms with Crippen LogP contribution >= 0.6 is 11.3 Å². The Balaban J connectivity index is 1.98. The van der Waals surface area contributed by atoms with Crippen molar-refractivity contribution in [1.82, 2.24) is 15.0 Å². The lowest BCUT2D eigenvalue weighted by Crippen LogP contribution is -2.14. The molecule has 0 aliphatic heterocycles. The van der Waals surface area contributed by atoms with Crippen molar-refractivity contribution in [2.75, 3.05) is 5.32 Å². The largest absolute Gasteiger partial charge is 0.364 e. The molecule has 0 aromatic carbocycles. The Morgan fingerprint density at radius 1 is 1.33 bits per heavy atom. The molecule has 3 rings (SSSR count). The van der Waals surface area contributed by atoms with Crippen LogP contribution in [0.3, 0.4) is 0 Å². The second-order valence-electron chi connectivity index (χ2n) is 3.72. The van der Waals surface area contributed by atoms with E-state index in [0.29, 0.717) is 18.0 Å². The number of H-pyrrole nitrogens is 1. The first-order chi connectivity index (χ1) is 8.83. The van der Waals surface area contributed by atoms with Gasteiger partial charge in [0.15, 0.2) is 0 Å². The Morgan fingerprint density at radius 2 is 2.28 bits per heavy atom. The smallest absolute Gasteiger partial charge is 0.348 e. The van der Waals surface area contributed by atoms with Gasteiger partial charge in [-0.2, -0.15) is 4.98 Å². The molecule has 0 saturated heterocycles. The van der Waals surface area contributed by atoms with Gasteiger partial charge in [0.05, 0.1) is 11.9 Å². The van der Waals surface area contributed by atoms with E-state index in [2.05, 4.69) is 20.3 Å². The molecule has 6 heteroatoms. The van der Waals surface area contributed by atoms with E-state index in [0.717, 1.165) is 5.39 Å². The van der Waals surface area contributed by atoms with Gasteiger partial charge in [0.25, 0.3) is 0 Å². The highest BCUT2D eigenvalue weighted by atomic mass is 32.1. The van der Waals surface area contributed by atoms with Crippen LogP contribution in [0.15, 0.2) is 40.6 Å². The highest BCUT2D eigenvalue weighted by Gasteiger charge is 2.05. The van der Waals surface area contributed by atoms with Crippen LogP contribution in [0.25, 0.3) is 11.0 Å². The fourth-order valence-electron chi connectivity index (χ4n) is 1.71. The molecule has 18 heavy (non-hydrogen) atoms. The summed E-state index contributed by atoms with van der Waals surface area (Å²) in [6.07, 6.45) is 1.64. The van der Waals surface area contributed by atoms with Crippen LogP contribution in [0.4, 0.5) is 5.82 Å². The van der Waals surface area contributed by atoms with Crippen LogP contribution in [0.5, 0.6) is 0 Å². The lowest BCUT2D eigenvalue weighted by Gasteiger charge is -2.06. The Hall–Kier alpha value is -2.21. The summed E-state index contributed by atoms with van der Waals surface area (Å²) in [7, 11) is 0. The third kappa shape index (κ3) is 2.10. The summed E-state index contributed by atoms with van der Waals surface area (Å²) in [5.74, 6) is 0.565. The fourth-order valence-corrected chi connectivity index (χ4v) is 2.35. The Morgan fingerprint density at radius 3 is 3.11 bits per heavy atom. The summed E-state index contributed by atoms with van der Waals surface area (Å²) >= 11 is 1.66. The normalized spacial score (nSPS) is 10.7. The zero-order chi connectivity index (χ0) is 12.4. The molecule has 5 nitrogen and oxygen atoms in total. The van der Waals surface area contributed by atoms with Crippen LogP contribution in [-0.2, 0) is 6.54 Å². The number of nitrogens with one attached hydrogen (secondary N) is 2. The van der Waals surface area contributed by atoms with Crippen molar-refractivity contribution in [3.8, 4) is 0 Å². The van der Waals surface area contributed by atoms with Crippen molar-refractivity contribution in [1.29, 1.82) is 0 Å². The van der Waals surface area contributed by atoms with Crippen LogP contribution in [0.2, 0.25) is 0 Å². The predicted molar refractivity (Wildman–Crippen MR) is 71.8 cm³/mol. The molecule has 90 valence electrons. The molecular weight excluding hydrogens is 248 g/mol. The summed E-state index contributed by atoms with van der Waals surface area (Å²) in [5, 5.41) is 6.00. The van der Waals surface area contributed by atoms with Gasteiger partial charge in [0, 0.05) is 11.1 Å². The van der Waals surface area contributed by atoms with Gasteiger partial charge in [-0.05, 0) is 23.6 Å². The third-order valence-corrected chi connectivity index (χ3v) is 3.39. The van der Waals surface area contributed by atoms with Gasteiger partial charge in [-0.15, -0.1) is 11.3 Å². The first-order valence-electron chi connectivity index (χ1n) is 5.44. The van der Waals surface area contributed by atoms with Gasteiger partial charge in [0.2, 0.25) is 0 Å². The van der Waals surface area contributed by atoms with Crippen molar-refractivity contribution >= 4 is 28.2 Å². The van der Waals surface area contributed by atoms with Gasteiger partial charge in [-0.25, -0.2) is 9.78 Å². The van der Waals surface area contributed by atoms with E-state index in [9.17, 15) is 4.79 Å². The number of anilines is 1. The number of aromatic amines is 1. The minimum absolute atomic E-state index is 0.394. The number of aromatic nitrogens is 3. The number of hydrogen-bond acceptors (Lipinski definition) is 5. The Bertz CT molecular complexity index is 720. The lowest BCUT2D eigenvalue weighted by molar-refractivity contribution is 1.06. The molecule has 0 spiro atoms. The third-order valence-electron chi connectivity index (χ3n) is 2.51. The second-order valence-corrected chi connectivity index (χ2v) is 4.76. The Labute approximate surface area is 107 Å². The molecule has 0 aliphatic rings. The van der Waals surface area contributed by atoms with E-state index in [1.165, 1.54) is 4.88 Å². The maximum absolute atomic E-state index is 11.4. The average molecular weight is 258 g/mol. The van der Waals surface area contributed by atoms with Crippen molar-refractivity contribution in [3.63, 3.8) is 0 Å². The molecule has 0 radical (unpaired) electrons. The van der Waals surface area contributed by atoms with E-state index in [4.69, 9.17) is 0 Å². The molecule has 0 fully saturated rings. The van der Waals surface area contributed by atoms with Gasteiger partial charge in [0.1, 0.15) is 11.5 Å². The highest BCUT2D eigenvalue weighted by molar-refractivity contribution is 7.09. The summed E-state index contributed by atoms with van der Waals surface area (Å²) in [4.78, 5) is 23.3. The van der Waals surface area contributed by atoms with Gasteiger partial charge in [-0.3, -0.25) is 4.98 Å². The molecular formula is C12H10N4OS. The topological polar surface area (TPSA) is 70.7 Å². The summed E-state index contributed by atoms with van der Waals surface area (Å²) in [5.41, 5.74) is 0.154. The molecule has 0 amide bonds. The minimum Gasteiger partial charge on any atom is -0.364 e. The molecule has 0 saturated carbocycles. The fraction of sp³-hybridized carbons (Fsp3) is 0.0833. The molecule has 0 bridgehead atoms. The van der Waals surface area contributed by atoms with Crippen molar-refractivity contribution in [2.24, 2.45) is 0 Å². The minimum atomic E-state index is -0.394. The molecule has 3 aromatic heterocycles. The quantitative estimate of drug-likeness (QED) is 0.753. The van der Waals surface area contributed by atoms with Crippen LogP contribution in [-0.4, -0.2) is 15.0 Å². The number of rotatable bonds is 3. The van der Waals surface area contributed by atoms with Crippen LogP contribution in [0, 0.1) is 0 Å². The molecule has 2 N–H and O–H groups in total. The van der Waals surface area contributed by atoms with Crippen molar-refractivity contribution < 1.29 is 0 Å². The van der Waals surface area contributed by atoms with Crippen LogP contribution < -0.4 is 11.0 Å². The van der Waals surface area contributed by atoms with E-state index < -0.39 is 5.69 Å². The van der Waals surface area contributed by atoms with Crippen molar-refractivity contribution in [2.45, 2.75) is 6.54 Å². The summed E-state index contributed by atoms with van der Waals surface area (Å²) in [6.45, 7) is 0.651. The van der Waals surface area contributed by atoms with E-state index in [-0.39, 0.29) is 0 Å². The average Bonchev–Trinajstić information content (AvgIpc) is 2.89. The lowest BCUT2D eigenvalue weighted by atomic mass is 10.3. The van der Waals surface area contributed by atoms with E-state index >= 15 is 0 Å². The predicted octanol–water partition coefficient (Wildman–Crippen LogP) is 1.99. The monoisotopic (exact) mass is 258 g/mol. The number of nitrogens with zero attached hydrogens (tertiary/aromatic N) is 2. The number of pyridine rings is 1. The zero-order valence-corrected chi connectivity index (χ0v) is 10.2. The first-order valence-corrected chi connectivity index (χ1v) is 6.32. The van der Waals surface area contributed by atoms with Crippen LogP contribution in [0.1, 0.15) is 4.88 Å². The molecule has 0 unspecified atom stereocenters. The number of thiophene rings is 1. The van der Waals surface area contributed by atoms with Gasteiger partial charge < -0.3 is 5.32 Å². The van der Waals surface area contributed by atoms with Gasteiger partial charge >= 0.3 is 5.69 Å². The maximum atomic E-state index is 11.4. The highest BCUT2D eigenvalue weighted by Crippen LogP contribution is 2.17. The summed E-state index contributed by atoms with van der Waals surface area (Å²) < 4.78 is 0. The molecule has 3 aromatic rings. The standard InChI is InChI=1S/C12H10N4OS/c17-12-15-10-9(4-1-5-13-10)11(16-12)14-7-8-3-2-6-18-8/h1-6H,7H2,(H2,13,14,15,16,17).